The van der Waals surface area contributed by atoms with Gasteiger partial charge < -0.3 is 5.32 Å². The molecule has 14 heavy (non-hydrogen) atoms. The molecule has 0 saturated heterocycles. The van der Waals surface area contributed by atoms with Gasteiger partial charge in [0.25, 0.3) is 0 Å². The van der Waals surface area contributed by atoms with Crippen molar-refractivity contribution in [2.45, 2.75) is 26.3 Å². The number of halogens is 2. The van der Waals surface area contributed by atoms with Gasteiger partial charge in [0, 0.05) is 11.6 Å². The highest BCUT2D eigenvalue weighted by Gasteiger charge is 2.11. The fraction of sp³-hybridized carbons (Fsp3) is 0.455. The van der Waals surface area contributed by atoms with Crippen LogP contribution in [0.4, 0.5) is 8.78 Å². The fourth-order valence-corrected chi connectivity index (χ4v) is 1.45. The molecule has 1 nitrogen and oxygen atoms in total. The van der Waals surface area contributed by atoms with Gasteiger partial charge >= 0.3 is 0 Å². The van der Waals surface area contributed by atoms with E-state index in [4.69, 9.17) is 0 Å². The maximum Gasteiger partial charge on any atom is 0.129 e. The SMILES string of the molecule is CCNC(C)Cc1c(F)cccc1F. The molecule has 0 aliphatic heterocycles. The summed E-state index contributed by atoms with van der Waals surface area (Å²) < 4.78 is 26.4. The zero-order chi connectivity index (χ0) is 10.6. The average Bonchev–Trinajstić information content (AvgIpc) is 2.12. The summed E-state index contributed by atoms with van der Waals surface area (Å²) >= 11 is 0. The van der Waals surface area contributed by atoms with Crippen LogP contribution in [-0.4, -0.2) is 12.6 Å². The van der Waals surface area contributed by atoms with E-state index in [1.165, 1.54) is 18.2 Å². The van der Waals surface area contributed by atoms with Crippen LogP contribution in [0, 0.1) is 11.6 Å². The third-order valence-corrected chi connectivity index (χ3v) is 2.12. The van der Waals surface area contributed by atoms with E-state index in [-0.39, 0.29) is 11.6 Å². The summed E-state index contributed by atoms with van der Waals surface area (Å²) in [7, 11) is 0. The van der Waals surface area contributed by atoms with Crippen LogP contribution in [0.25, 0.3) is 0 Å². The summed E-state index contributed by atoms with van der Waals surface area (Å²) in [5.74, 6) is -0.926. The molecule has 1 aromatic rings. The second-order valence-electron chi connectivity index (χ2n) is 3.36. The Morgan fingerprint density at radius 3 is 2.36 bits per heavy atom. The minimum Gasteiger partial charge on any atom is -0.314 e. The van der Waals surface area contributed by atoms with Crippen molar-refractivity contribution in [2.24, 2.45) is 0 Å². The summed E-state index contributed by atoms with van der Waals surface area (Å²) in [5, 5.41) is 3.12. The quantitative estimate of drug-likeness (QED) is 0.785. The lowest BCUT2D eigenvalue weighted by atomic mass is 10.1. The molecule has 0 aromatic heterocycles. The van der Waals surface area contributed by atoms with Crippen LogP contribution in [0.5, 0.6) is 0 Å². The average molecular weight is 199 g/mol. The molecule has 0 saturated carbocycles. The topological polar surface area (TPSA) is 12.0 Å². The van der Waals surface area contributed by atoms with Gasteiger partial charge in [-0.3, -0.25) is 0 Å². The summed E-state index contributed by atoms with van der Waals surface area (Å²) in [6, 6.07) is 4.05. The van der Waals surface area contributed by atoms with E-state index >= 15 is 0 Å². The normalized spacial score (nSPS) is 12.9. The number of hydrogen-bond donors (Lipinski definition) is 1. The minimum absolute atomic E-state index is 0.0893. The highest BCUT2D eigenvalue weighted by Crippen LogP contribution is 2.13. The van der Waals surface area contributed by atoms with Gasteiger partial charge in [-0.05, 0) is 32.0 Å². The minimum atomic E-state index is -0.463. The molecule has 0 aliphatic rings. The summed E-state index contributed by atoms with van der Waals surface area (Å²) in [4.78, 5) is 0. The van der Waals surface area contributed by atoms with Gasteiger partial charge in [-0.15, -0.1) is 0 Å². The Hall–Kier alpha value is -0.960. The highest BCUT2D eigenvalue weighted by atomic mass is 19.1. The first-order chi connectivity index (χ1) is 6.65. The van der Waals surface area contributed by atoms with Crippen molar-refractivity contribution in [3.05, 3.63) is 35.4 Å². The van der Waals surface area contributed by atoms with Crippen LogP contribution >= 0.6 is 0 Å². The Morgan fingerprint density at radius 1 is 1.29 bits per heavy atom. The third kappa shape index (κ3) is 2.77. The Morgan fingerprint density at radius 2 is 1.86 bits per heavy atom. The standard InChI is InChI=1S/C11H15F2N/c1-3-14-8(2)7-9-10(12)5-4-6-11(9)13/h4-6,8,14H,3,7H2,1-2H3. The fourth-order valence-electron chi connectivity index (χ4n) is 1.45. The molecule has 0 bridgehead atoms. The van der Waals surface area contributed by atoms with Gasteiger partial charge in [-0.2, -0.15) is 0 Å². The lowest BCUT2D eigenvalue weighted by Gasteiger charge is -2.13. The zero-order valence-corrected chi connectivity index (χ0v) is 8.48. The molecule has 0 amide bonds. The number of rotatable bonds is 4. The van der Waals surface area contributed by atoms with E-state index in [0.29, 0.717) is 6.42 Å². The molecular formula is C11H15F2N. The number of hydrogen-bond acceptors (Lipinski definition) is 1. The first-order valence-corrected chi connectivity index (χ1v) is 4.81. The second kappa shape index (κ2) is 5.05. The van der Waals surface area contributed by atoms with E-state index in [2.05, 4.69) is 5.32 Å². The van der Waals surface area contributed by atoms with Crippen LogP contribution in [0.15, 0.2) is 18.2 Å². The van der Waals surface area contributed by atoms with Gasteiger partial charge in [0.1, 0.15) is 11.6 Å². The Balaban J connectivity index is 2.75. The van der Waals surface area contributed by atoms with Gasteiger partial charge in [0.15, 0.2) is 0 Å². The van der Waals surface area contributed by atoms with Crippen molar-refractivity contribution in [2.75, 3.05) is 6.54 Å². The smallest absolute Gasteiger partial charge is 0.129 e. The molecule has 0 fully saturated rings. The third-order valence-electron chi connectivity index (χ3n) is 2.12. The van der Waals surface area contributed by atoms with Gasteiger partial charge in [-0.1, -0.05) is 13.0 Å². The molecule has 1 rings (SSSR count). The molecule has 1 aromatic carbocycles. The molecule has 1 unspecified atom stereocenters. The maximum absolute atomic E-state index is 13.2. The van der Waals surface area contributed by atoms with E-state index in [9.17, 15) is 8.78 Å². The van der Waals surface area contributed by atoms with Crippen LogP contribution in [0.2, 0.25) is 0 Å². The number of likely N-dealkylation sites (N-methyl/N-ethyl adjacent to an activating group) is 1. The van der Waals surface area contributed by atoms with Gasteiger partial charge in [0.05, 0.1) is 0 Å². The van der Waals surface area contributed by atoms with E-state index < -0.39 is 11.6 Å². The Kier molecular flexibility index (Phi) is 4.01. The predicted molar refractivity (Wildman–Crippen MR) is 53.2 cm³/mol. The van der Waals surface area contributed by atoms with E-state index in [0.717, 1.165) is 6.54 Å². The first-order valence-electron chi connectivity index (χ1n) is 4.81. The van der Waals surface area contributed by atoms with Crippen LogP contribution in [0.1, 0.15) is 19.4 Å². The number of benzene rings is 1. The van der Waals surface area contributed by atoms with Crippen LogP contribution < -0.4 is 5.32 Å². The maximum atomic E-state index is 13.2. The monoisotopic (exact) mass is 199 g/mol. The predicted octanol–water partition coefficient (Wildman–Crippen LogP) is 2.51. The zero-order valence-electron chi connectivity index (χ0n) is 8.48. The first kappa shape index (κ1) is 11.1. The molecule has 78 valence electrons. The number of nitrogens with one attached hydrogen (secondary N) is 1. The van der Waals surface area contributed by atoms with Gasteiger partial charge in [-0.25, -0.2) is 8.78 Å². The molecule has 3 heteroatoms. The second-order valence-corrected chi connectivity index (χ2v) is 3.36. The van der Waals surface area contributed by atoms with Crippen molar-refractivity contribution in [1.82, 2.24) is 5.32 Å². The summed E-state index contributed by atoms with van der Waals surface area (Å²) in [6.07, 6.45) is 0.381. The molecule has 0 spiro atoms. The van der Waals surface area contributed by atoms with Crippen molar-refractivity contribution >= 4 is 0 Å². The van der Waals surface area contributed by atoms with E-state index in [1.54, 1.807) is 0 Å². The van der Waals surface area contributed by atoms with Crippen LogP contribution in [0.3, 0.4) is 0 Å². The molecule has 0 radical (unpaired) electrons. The van der Waals surface area contributed by atoms with E-state index in [1.807, 2.05) is 13.8 Å². The lowest BCUT2D eigenvalue weighted by Crippen LogP contribution is -2.28. The van der Waals surface area contributed by atoms with Gasteiger partial charge in [0.2, 0.25) is 0 Å². The molecule has 0 heterocycles. The Bertz CT molecular complexity index is 279. The van der Waals surface area contributed by atoms with Crippen molar-refractivity contribution in [3.63, 3.8) is 0 Å². The van der Waals surface area contributed by atoms with Crippen LogP contribution in [-0.2, 0) is 6.42 Å². The molecule has 0 aliphatic carbocycles. The largest absolute Gasteiger partial charge is 0.314 e. The molecular weight excluding hydrogens is 184 g/mol. The van der Waals surface area contributed by atoms with Crippen molar-refractivity contribution < 1.29 is 8.78 Å². The van der Waals surface area contributed by atoms with Crippen molar-refractivity contribution in [1.29, 1.82) is 0 Å². The molecule has 1 N–H and O–H groups in total. The van der Waals surface area contributed by atoms with Crippen molar-refractivity contribution in [3.8, 4) is 0 Å². The lowest BCUT2D eigenvalue weighted by molar-refractivity contribution is 0.508. The summed E-state index contributed by atoms with van der Waals surface area (Å²) in [6.45, 7) is 4.68. The summed E-state index contributed by atoms with van der Waals surface area (Å²) in [5.41, 5.74) is 0.168. The highest BCUT2D eigenvalue weighted by molar-refractivity contribution is 5.20. The Labute approximate surface area is 83.1 Å². The molecule has 1 atom stereocenters.